The third-order valence-electron chi connectivity index (χ3n) is 0.871. The molecule has 0 atom stereocenters. The SMILES string of the molecule is C=C/C=C1/N=COC1=N.CC. The quantitative estimate of drug-likeness (QED) is 0.614. The van der Waals surface area contributed by atoms with Crippen molar-refractivity contribution >= 4 is 12.3 Å². The molecule has 1 aliphatic heterocycles. The van der Waals surface area contributed by atoms with Crippen LogP contribution in [0.2, 0.25) is 0 Å². The molecule has 0 aliphatic carbocycles. The van der Waals surface area contributed by atoms with Crippen molar-refractivity contribution in [2.45, 2.75) is 13.8 Å². The summed E-state index contributed by atoms with van der Waals surface area (Å²) >= 11 is 0. The maximum atomic E-state index is 7.05. The Morgan fingerprint density at radius 2 is 2.27 bits per heavy atom. The zero-order valence-electron chi connectivity index (χ0n) is 6.79. The van der Waals surface area contributed by atoms with Crippen LogP contribution in [-0.2, 0) is 4.74 Å². The molecule has 3 nitrogen and oxygen atoms in total. The van der Waals surface area contributed by atoms with E-state index in [4.69, 9.17) is 5.41 Å². The van der Waals surface area contributed by atoms with E-state index in [1.54, 1.807) is 12.2 Å². The highest BCUT2D eigenvalue weighted by Gasteiger charge is 2.07. The molecule has 11 heavy (non-hydrogen) atoms. The van der Waals surface area contributed by atoms with E-state index in [0.717, 1.165) is 0 Å². The molecule has 1 heterocycles. The minimum atomic E-state index is 0.0786. The second kappa shape index (κ2) is 5.41. The second-order valence-corrected chi connectivity index (χ2v) is 1.47. The van der Waals surface area contributed by atoms with Crippen molar-refractivity contribution in [2.24, 2.45) is 4.99 Å². The largest absolute Gasteiger partial charge is 0.426 e. The molecule has 1 N–H and O–H groups in total. The lowest BCUT2D eigenvalue weighted by Crippen LogP contribution is -1.93. The fourth-order valence-corrected chi connectivity index (χ4v) is 0.485. The summed E-state index contributed by atoms with van der Waals surface area (Å²) < 4.78 is 4.59. The van der Waals surface area contributed by atoms with Gasteiger partial charge in [0.1, 0.15) is 5.70 Å². The monoisotopic (exact) mass is 152 g/mol. The van der Waals surface area contributed by atoms with Gasteiger partial charge >= 0.3 is 0 Å². The van der Waals surface area contributed by atoms with E-state index in [2.05, 4.69) is 16.3 Å². The fraction of sp³-hybridized carbons (Fsp3) is 0.250. The number of hydrogen-bond donors (Lipinski definition) is 1. The van der Waals surface area contributed by atoms with E-state index in [1.807, 2.05) is 13.8 Å². The number of nitrogens with zero attached hydrogens (tertiary/aromatic N) is 1. The van der Waals surface area contributed by atoms with Gasteiger partial charge in [-0.05, 0) is 6.08 Å². The van der Waals surface area contributed by atoms with E-state index in [-0.39, 0.29) is 5.90 Å². The lowest BCUT2D eigenvalue weighted by Gasteiger charge is -1.87. The molecular weight excluding hydrogens is 140 g/mol. The molecule has 0 unspecified atom stereocenters. The average Bonchev–Trinajstić information content (AvgIpc) is 2.42. The maximum Gasteiger partial charge on any atom is 0.239 e. The van der Waals surface area contributed by atoms with Gasteiger partial charge in [0.25, 0.3) is 0 Å². The number of aliphatic imine (C=N–C) groups is 1. The van der Waals surface area contributed by atoms with Crippen molar-refractivity contribution < 1.29 is 4.74 Å². The summed E-state index contributed by atoms with van der Waals surface area (Å²) in [4.78, 5) is 3.72. The van der Waals surface area contributed by atoms with Crippen molar-refractivity contribution in [1.82, 2.24) is 0 Å². The molecule has 0 bridgehead atoms. The van der Waals surface area contributed by atoms with Crippen molar-refractivity contribution in [3.05, 3.63) is 24.4 Å². The zero-order valence-corrected chi connectivity index (χ0v) is 6.79. The van der Waals surface area contributed by atoms with Gasteiger partial charge in [-0.2, -0.15) is 0 Å². The molecule has 0 aromatic rings. The highest BCUT2D eigenvalue weighted by Crippen LogP contribution is 2.04. The van der Waals surface area contributed by atoms with Gasteiger partial charge in [0, 0.05) is 0 Å². The van der Waals surface area contributed by atoms with Gasteiger partial charge in [-0.25, -0.2) is 4.99 Å². The number of ether oxygens (including phenoxy) is 1. The highest BCUT2D eigenvalue weighted by molar-refractivity contribution is 5.99. The minimum absolute atomic E-state index is 0.0786. The normalized spacial score (nSPS) is 17.3. The van der Waals surface area contributed by atoms with Crippen LogP contribution in [0, 0.1) is 5.41 Å². The highest BCUT2D eigenvalue weighted by atomic mass is 16.5. The van der Waals surface area contributed by atoms with Gasteiger partial charge < -0.3 is 4.74 Å². The van der Waals surface area contributed by atoms with Gasteiger partial charge in [-0.15, -0.1) is 0 Å². The van der Waals surface area contributed by atoms with Crippen LogP contribution in [0.25, 0.3) is 0 Å². The van der Waals surface area contributed by atoms with Crippen molar-refractivity contribution in [2.75, 3.05) is 0 Å². The standard InChI is InChI=1S/C6H6N2O.C2H6/c1-2-3-5-6(7)9-4-8-5;1-2/h2-4,7H,1H2;1-2H3/b5-3+,7-6?;. The molecule has 0 saturated carbocycles. The molecule has 1 rings (SSSR count). The summed E-state index contributed by atoms with van der Waals surface area (Å²) in [5.74, 6) is 0.0786. The Kier molecular flexibility index (Phi) is 4.73. The van der Waals surface area contributed by atoms with E-state index < -0.39 is 0 Å². The molecule has 0 radical (unpaired) electrons. The van der Waals surface area contributed by atoms with Crippen LogP contribution < -0.4 is 0 Å². The number of allylic oxidation sites excluding steroid dienone is 2. The Morgan fingerprint density at radius 1 is 1.64 bits per heavy atom. The van der Waals surface area contributed by atoms with E-state index >= 15 is 0 Å². The summed E-state index contributed by atoms with van der Waals surface area (Å²) in [6.07, 6.45) is 4.42. The Hall–Kier alpha value is -1.38. The Balaban J connectivity index is 0.000000461. The fourth-order valence-electron chi connectivity index (χ4n) is 0.485. The number of rotatable bonds is 1. The summed E-state index contributed by atoms with van der Waals surface area (Å²) in [5.41, 5.74) is 0.519. The van der Waals surface area contributed by atoms with Crippen LogP contribution in [-0.4, -0.2) is 12.3 Å². The smallest absolute Gasteiger partial charge is 0.239 e. The lowest BCUT2D eigenvalue weighted by molar-refractivity contribution is 0.582. The predicted molar refractivity (Wildman–Crippen MR) is 46.9 cm³/mol. The third kappa shape index (κ3) is 2.80. The van der Waals surface area contributed by atoms with Crippen molar-refractivity contribution in [3.8, 4) is 0 Å². The van der Waals surface area contributed by atoms with Crippen LogP contribution in [0.15, 0.2) is 29.4 Å². The van der Waals surface area contributed by atoms with Gasteiger partial charge in [-0.3, -0.25) is 5.41 Å². The van der Waals surface area contributed by atoms with Gasteiger partial charge in [0.2, 0.25) is 5.90 Å². The van der Waals surface area contributed by atoms with Crippen LogP contribution in [0.3, 0.4) is 0 Å². The van der Waals surface area contributed by atoms with Gasteiger partial charge in [0.15, 0.2) is 6.40 Å². The predicted octanol–water partition coefficient (Wildman–Crippen LogP) is 2.12. The first-order valence-corrected chi connectivity index (χ1v) is 3.45. The van der Waals surface area contributed by atoms with E-state index in [0.29, 0.717) is 5.70 Å². The maximum absolute atomic E-state index is 7.05. The first kappa shape index (κ1) is 9.62. The Morgan fingerprint density at radius 3 is 2.64 bits per heavy atom. The topological polar surface area (TPSA) is 45.4 Å². The molecule has 0 amide bonds. The van der Waals surface area contributed by atoms with Crippen LogP contribution in [0.5, 0.6) is 0 Å². The Bertz CT molecular complexity index is 204. The van der Waals surface area contributed by atoms with Crippen molar-refractivity contribution in [3.63, 3.8) is 0 Å². The van der Waals surface area contributed by atoms with Gasteiger partial charge in [-0.1, -0.05) is 26.5 Å². The molecule has 3 heteroatoms. The molecule has 60 valence electrons. The van der Waals surface area contributed by atoms with Crippen LogP contribution in [0.4, 0.5) is 0 Å². The third-order valence-corrected chi connectivity index (χ3v) is 0.871. The number of hydrogen-bond acceptors (Lipinski definition) is 3. The summed E-state index contributed by atoms with van der Waals surface area (Å²) in [6, 6.07) is 0. The minimum Gasteiger partial charge on any atom is -0.426 e. The number of nitrogens with one attached hydrogen (secondary N) is 1. The van der Waals surface area contributed by atoms with Crippen molar-refractivity contribution in [1.29, 1.82) is 5.41 Å². The Labute approximate surface area is 66.6 Å². The molecule has 1 aliphatic rings. The molecule has 0 aromatic carbocycles. The molecule has 0 aromatic heterocycles. The molecular formula is C8H12N2O. The molecule has 0 spiro atoms. The second-order valence-electron chi connectivity index (χ2n) is 1.47. The average molecular weight is 152 g/mol. The summed E-state index contributed by atoms with van der Waals surface area (Å²) in [6.45, 7) is 7.46. The zero-order chi connectivity index (χ0) is 8.69. The van der Waals surface area contributed by atoms with Crippen LogP contribution >= 0.6 is 0 Å². The lowest BCUT2D eigenvalue weighted by atomic mass is 10.4. The summed E-state index contributed by atoms with van der Waals surface area (Å²) in [5, 5.41) is 7.05. The summed E-state index contributed by atoms with van der Waals surface area (Å²) in [7, 11) is 0. The first-order chi connectivity index (χ1) is 5.34. The van der Waals surface area contributed by atoms with Gasteiger partial charge in [0.05, 0.1) is 0 Å². The first-order valence-electron chi connectivity index (χ1n) is 3.45. The van der Waals surface area contributed by atoms with Crippen LogP contribution in [0.1, 0.15) is 13.8 Å². The van der Waals surface area contributed by atoms with E-state index in [9.17, 15) is 0 Å². The molecule has 0 fully saturated rings. The van der Waals surface area contributed by atoms with E-state index in [1.165, 1.54) is 6.40 Å². The molecule has 0 saturated heterocycles.